The molecule has 2 heterocycles. The summed E-state index contributed by atoms with van der Waals surface area (Å²) in [7, 11) is 2.15. The molecule has 0 unspecified atom stereocenters. The first kappa shape index (κ1) is 13.5. The van der Waals surface area contributed by atoms with Gasteiger partial charge in [-0.1, -0.05) is 12.1 Å². The van der Waals surface area contributed by atoms with Gasteiger partial charge >= 0.3 is 0 Å². The minimum Gasteiger partial charge on any atom is -0.486 e. The highest BCUT2D eigenvalue weighted by molar-refractivity contribution is 7.10. The second kappa shape index (κ2) is 5.85. The molecule has 0 radical (unpaired) electrons. The summed E-state index contributed by atoms with van der Waals surface area (Å²) in [4.78, 5) is 3.74. The summed E-state index contributed by atoms with van der Waals surface area (Å²) < 4.78 is 11.2. The van der Waals surface area contributed by atoms with E-state index in [1.165, 1.54) is 10.4 Å². The third-order valence-corrected chi connectivity index (χ3v) is 4.70. The van der Waals surface area contributed by atoms with Gasteiger partial charge in [0.05, 0.1) is 0 Å². The van der Waals surface area contributed by atoms with Crippen molar-refractivity contribution in [2.24, 2.45) is 0 Å². The fourth-order valence-corrected chi connectivity index (χ4v) is 3.21. The van der Waals surface area contributed by atoms with Gasteiger partial charge in [0, 0.05) is 17.5 Å². The van der Waals surface area contributed by atoms with Crippen LogP contribution in [0.2, 0.25) is 0 Å². The van der Waals surface area contributed by atoms with Crippen LogP contribution in [0.3, 0.4) is 0 Å². The number of thiophene rings is 1. The Morgan fingerprint density at radius 1 is 1.20 bits per heavy atom. The second-order valence-electron chi connectivity index (χ2n) is 5.08. The molecule has 0 saturated carbocycles. The molecular formula is C16H19NO2S. The van der Waals surface area contributed by atoms with Crippen LogP contribution in [0, 0.1) is 0 Å². The molecule has 20 heavy (non-hydrogen) atoms. The first-order valence-corrected chi connectivity index (χ1v) is 7.74. The zero-order valence-corrected chi connectivity index (χ0v) is 12.7. The smallest absolute Gasteiger partial charge is 0.161 e. The predicted molar refractivity (Wildman–Crippen MR) is 81.6 cm³/mol. The Kier molecular flexibility index (Phi) is 3.94. The quantitative estimate of drug-likeness (QED) is 0.856. The number of benzene rings is 1. The van der Waals surface area contributed by atoms with Crippen molar-refractivity contribution >= 4 is 11.3 Å². The van der Waals surface area contributed by atoms with E-state index in [0.29, 0.717) is 19.3 Å². The van der Waals surface area contributed by atoms with E-state index >= 15 is 0 Å². The Morgan fingerprint density at radius 3 is 2.75 bits per heavy atom. The van der Waals surface area contributed by atoms with Crippen molar-refractivity contribution in [1.29, 1.82) is 0 Å². The van der Waals surface area contributed by atoms with Gasteiger partial charge in [-0.15, -0.1) is 11.3 Å². The molecule has 0 bridgehead atoms. The molecule has 0 amide bonds. The highest BCUT2D eigenvalue weighted by Gasteiger charge is 2.15. The summed E-state index contributed by atoms with van der Waals surface area (Å²) in [6, 6.07) is 10.9. The first-order valence-electron chi connectivity index (χ1n) is 6.86. The first-order chi connectivity index (χ1) is 9.74. The van der Waals surface area contributed by atoms with E-state index in [4.69, 9.17) is 9.47 Å². The maximum absolute atomic E-state index is 5.64. The van der Waals surface area contributed by atoms with Crippen molar-refractivity contribution in [2.45, 2.75) is 19.5 Å². The monoisotopic (exact) mass is 289 g/mol. The summed E-state index contributed by atoms with van der Waals surface area (Å²) in [5.41, 5.74) is 1.25. The molecule has 1 aliphatic rings. The molecule has 3 rings (SSSR count). The lowest BCUT2D eigenvalue weighted by Gasteiger charge is -2.25. The van der Waals surface area contributed by atoms with Crippen LogP contribution in [0.1, 0.15) is 23.4 Å². The fraction of sp³-hybridized carbons (Fsp3) is 0.375. The molecule has 1 aromatic heterocycles. The zero-order chi connectivity index (χ0) is 13.9. The van der Waals surface area contributed by atoms with Crippen LogP contribution in [-0.2, 0) is 6.54 Å². The van der Waals surface area contributed by atoms with Gasteiger partial charge < -0.3 is 9.47 Å². The normalized spacial score (nSPS) is 15.3. The third kappa shape index (κ3) is 2.81. The third-order valence-electron chi connectivity index (χ3n) is 3.65. The van der Waals surface area contributed by atoms with Crippen LogP contribution < -0.4 is 9.47 Å². The molecule has 1 atom stereocenters. The molecule has 3 nitrogen and oxygen atoms in total. The van der Waals surface area contributed by atoms with Crippen LogP contribution in [0.25, 0.3) is 0 Å². The largest absolute Gasteiger partial charge is 0.486 e. The van der Waals surface area contributed by atoms with E-state index < -0.39 is 0 Å². The lowest BCUT2D eigenvalue weighted by Crippen LogP contribution is -2.21. The topological polar surface area (TPSA) is 21.7 Å². The van der Waals surface area contributed by atoms with Gasteiger partial charge in [-0.2, -0.15) is 0 Å². The number of nitrogens with zero attached hydrogens (tertiary/aromatic N) is 1. The molecule has 0 spiro atoms. The lowest BCUT2D eigenvalue weighted by molar-refractivity contribution is 0.171. The minimum atomic E-state index is 0.420. The summed E-state index contributed by atoms with van der Waals surface area (Å²) >= 11 is 1.81. The molecule has 0 saturated heterocycles. The van der Waals surface area contributed by atoms with Gasteiger partial charge in [0.2, 0.25) is 0 Å². The van der Waals surface area contributed by atoms with E-state index in [-0.39, 0.29) is 0 Å². The minimum absolute atomic E-state index is 0.420. The van der Waals surface area contributed by atoms with Crippen molar-refractivity contribution in [3.05, 3.63) is 46.2 Å². The standard InChI is InChI=1S/C16H19NO2S/c1-12(16-4-3-9-20-16)17(2)11-13-5-6-14-15(10-13)19-8-7-18-14/h3-6,9-10,12H,7-8,11H2,1-2H3/t12-/m0/s1. The van der Waals surface area contributed by atoms with Crippen molar-refractivity contribution < 1.29 is 9.47 Å². The Hall–Kier alpha value is -1.52. The van der Waals surface area contributed by atoms with Gasteiger partial charge in [-0.25, -0.2) is 0 Å². The molecule has 106 valence electrons. The van der Waals surface area contributed by atoms with E-state index in [1.54, 1.807) is 11.3 Å². The van der Waals surface area contributed by atoms with Gasteiger partial charge in [0.1, 0.15) is 13.2 Å². The Balaban J connectivity index is 1.71. The van der Waals surface area contributed by atoms with Gasteiger partial charge in [-0.05, 0) is 43.1 Å². The summed E-state index contributed by atoms with van der Waals surface area (Å²) in [5, 5.41) is 2.13. The highest BCUT2D eigenvalue weighted by Crippen LogP contribution is 2.32. The Labute approximate surface area is 123 Å². The van der Waals surface area contributed by atoms with Crippen molar-refractivity contribution in [2.75, 3.05) is 20.3 Å². The van der Waals surface area contributed by atoms with Crippen LogP contribution in [0.5, 0.6) is 11.5 Å². The molecular weight excluding hydrogens is 270 g/mol. The summed E-state index contributed by atoms with van der Waals surface area (Å²) in [6.45, 7) is 4.42. The Bertz CT molecular complexity index is 568. The highest BCUT2D eigenvalue weighted by atomic mass is 32.1. The van der Waals surface area contributed by atoms with Crippen molar-refractivity contribution in [3.63, 3.8) is 0 Å². The van der Waals surface area contributed by atoms with E-state index in [2.05, 4.69) is 48.5 Å². The molecule has 1 aliphatic heterocycles. The van der Waals surface area contributed by atoms with Crippen molar-refractivity contribution in [3.8, 4) is 11.5 Å². The lowest BCUT2D eigenvalue weighted by atomic mass is 10.1. The van der Waals surface area contributed by atoms with E-state index in [1.807, 2.05) is 6.07 Å². The SMILES string of the molecule is C[C@@H](c1cccs1)N(C)Cc1ccc2c(c1)OCCO2. The summed E-state index contributed by atoms with van der Waals surface area (Å²) in [5.74, 6) is 1.72. The van der Waals surface area contributed by atoms with Crippen LogP contribution in [0.4, 0.5) is 0 Å². The predicted octanol–water partition coefficient (Wildman–Crippen LogP) is 3.71. The maximum atomic E-state index is 5.64. The van der Waals surface area contributed by atoms with Crippen LogP contribution >= 0.6 is 11.3 Å². The van der Waals surface area contributed by atoms with Crippen molar-refractivity contribution in [1.82, 2.24) is 4.90 Å². The number of fused-ring (bicyclic) bond motifs is 1. The van der Waals surface area contributed by atoms with Gasteiger partial charge in [0.15, 0.2) is 11.5 Å². The summed E-state index contributed by atoms with van der Waals surface area (Å²) in [6.07, 6.45) is 0. The van der Waals surface area contributed by atoms with Crippen LogP contribution in [0.15, 0.2) is 35.7 Å². The van der Waals surface area contributed by atoms with E-state index in [0.717, 1.165) is 18.0 Å². The van der Waals surface area contributed by atoms with Gasteiger partial charge in [0.25, 0.3) is 0 Å². The number of ether oxygens (including phenoxy) is 2. The molecule has 4 heteroatoms. The van der Waals surface area contributed by atoms with Crippen LogP contribution in [-0.4, -0.2) is 25.2 Å². The molecule has 0 fully saturated rings. The molecule has 1 aromatic carbocycles. The molecule has 2 aromatic rings. The number of rotatable bonds is 4. The number of hydrogen-bond donors (Lipinski definition) is 0. The maximum Gasteiger partial charge on any atom is 0.161 e. The molecule has 0 N–H and O–H groups in total. The average Bonchev–Trinajstić information content (AvgIpc) is 3.00. The average molecular weight is 289 g/mol. The van der Waals surface area contributed by atoms with Gasteiger partial charge in [-0.3, -0.25) is 4.90 Å². The molecule has 0 aliphatic carbocycles. The number of hydrogen-bond acceptors (Lipinski definition) is 4. The van der Waals surface area contributed by atoms with E-state index in [9.17, 15) is 0 Å². The fourth-order valence-electron chi connectivity index (χ4n) is 2.36. The Morgan fingerprint density at radius 2 is 2.00 bits per heavy atom. The second-order valence-corrected chi connectivity index (χ2v) is 6.06. The zero-order valence-electron chi connectivity index (χ0n) is 11.8.